The van der Waals surface area contributed by atoms with Crippen molar-refractivity contribution in [2.24, 2.45) is 0 Å². The maximum Gasteiger partial charge on any atom is 0.251 e. The van der Waals surface area contributed by atoms with E-state index in [9.17, 15) is 4.79 Å². The Morgan fingerprint density at radius 3 is 3.05 bits per heavy atom. The van der Waals surface area contributed by atoms with Crippen LogP contribution in [-0.2, 0) is 6.54 Å². The van der Waals surface area contributed by atoms with Crippen LogP contribution >= 0.6 is 0 Å². The van der Waals surface area contributed by atoms with E-state index in [1.54, 1.807) is 6.20 Å². The van der Waals surface area contributed by atoms with E-state index in [1.807, 2.05) is 30.5 Å². The van der Waals surface area contributed by atoms with Gasteiger partial charge in [-0.3, -0.25) is 4.79 Å². The van der Waals surface area contributed by atoms with E-state index in [4.69, 9.17) is 0 Å². The number of carbonyl (C=O) groups excluding carboxylic acids is 1. The topological polar surface area (TPSA) is 57.8 Å². The molecule has 0 saturated heterocycles. The first-order valence-corrected chi connectivity index (χ1v) is 6.16. The molecule has 4 nitrogen and oxygen atoms in total. The minimum absolute atomic E-state index is 0.0159. The second kappa shape index (κ2) is 3.68. The zero-order chi connectivity index (χ0) is 12.8. The summed E-state index contributed by atoms with van der Waals surface area (Å²) in [5, 5.41) is 3.93. The van der Waals surface area contributed by atoms with E-state index in [-0.39, 0.29) is 5.91 Å². The van der Waals surface area contributed by atoms with Gasteiger partial charge in [0.15, 0.2) is 0 Å². The van der Waals surface area contributed by atoms with Gasteiger partial charge in [0.05, 0.1) is 0 Å². The van der Waals surface area contributed by atoms with Gasteiger partial charge >= 0.3 is 0 Å². The van der Waals surface area contributed by atoms with Crippen molar-refractivity contribution in [3.05, 3.63) is 53.9 Å². The number of fused-ring (bicyclic) bond motifs is 2. The normalized spacial score (nSPS) is 13.6. The van der Waals surface area contributed by atoms with E-state index in [2.05, 4.69) is 21.4 Å². The summed E-state index contributed by atoms with van der Waals surface area (Å²) in [6, 6.07) is 9.92. The van der Waals surface area contributed by atoms with Crippen molar-refractivity contribution in [1.29, 1.82) is 0 Å². The summed E-state index contributed by atoms with van der Waals surface area (Å²) in [4.78, 5) is 19.0. The Morgan fingerprint density at radius 1 is 1.16 bits per heavy atom. The van der Waals surface area contributed by atoms with Crippen molar-refractivity contribution in [2.45, 2.75) is 6.54 Å². The Bertz CT molecular complexity index is 804. The molecule has 2 N–H and O–H groups in total. The second-order valence-corrected chi connectivity index (χ2v) is 4.66. The molecule has 2 aromatic heterocycles. The van der Waals surface area contributed by atoms with Gasteiger partial charge in [-0.15, -0.1) is 0 Å². The number of amides is 1. The highest BCUT2D eigenvalue weighted by atomic mass is 16.1. The van der Waals surface area contributed by atoms with Crippen LogP contribution in [0.1, 0.15) is 15.9 Å². The third kappa shape index (κ3) is 1.46. The Morgan fingerprint density at radius 2 is 2.11 bits per heavy atom. The van der Waals surface area contributed by atoms with Gasteiger partial charge in [-0.25, -0.2) is 4.98 Å². The van der Waals surface area contributed by atoms with E-state index in [0.717, 1.165) is 33.3 Å². The molecule has 0 fully saturated rings. The van der Waals surface area contributed by atoms with Crippen LogP contribution in [0.5, 0.6) is 0 Å². The number of pyridine rings is 1. The van der Waals surface area contributed by atoms with Gasteiger partial charge in [-0.05, 0) is 35.4 Å². The van der Waals surface area contributed by atoms with Gasteiger partial charge in [0.1, 0.15) is 5.65 Å². The fourth-order valence-electron chi connectivity index (χ4n) is 2.59. The summed E-state index contributed by atoms with van der Waals surface area (Å²) in [5.74, 6) is 0.0159. The predicted octanol–water partition coefficient (Wildman–Crippen LogP) is 2.47. The van der Waals surface area contributed by atoms with E-state index >= 15 is 0 Å². The summed E-state index contributed by atoms with van der Waals surface area (Å²) < 4.78 is 0. The fraction of sp³-hybridized carbons (Fsp3) is 0.0667. The molecule has 3 heterocycles. The van der Waals surface area contributed by atoms with Crippen molar-refractivity contribution >= 4 is 16.9 Å². The molecule has 0 bridgehead atoms. The molecule has 3 aromatic rings. The predicted molar refractivity (Wildman–Crippen MR) is 72.7 cm³/mol. The largest absolute Gasteiger partial charge is 0.348 e. The average Bonchev–Trinajstić information content (AvgIpc) is 3.03. The summed E-state index contributed by atoms with van der Waals surface area (Å²) in [7, 11) is 0. The van der Waals surface area contributed by atoms with Crippen LogP contribution in [0.3, 0.4) is 0 Å². The molecule has 0 unspecified atom stereocenters. The molecular weight excluding hydrogens is 238 g/mol. The highest BCUT2D eigenvalue weighted by molar-refractivity contribution is 6.00. The van der Waals surface area contributed by atoms with Gasteiger partial charge in [0.2, 0.25) is 0 Å². The van der Waals surface area contributed by atoms with Gasteiger partial charge < -0.3 is 10.3 Å². The molecule has 1 amide bonds. The first kappa shape index (κ1) is 10.3. The Kier molecular flexibility index (Phi) is 2.00. The second-order valence-electron chi connectivity index (χ2n) is 4.66. The molecule has 0 spiro atoms. The number of rotatable bonds is 1. The number of aromatic amines is 1. The average molecular weight is 249 g/mol. The number of benzene rings is 1. The fourth-order valence-corrected chi connectivity index (χ4v) is 2.59. The van der Waals surface area contributed by atoms with E-state index < -0.39 is 0 Å². The van der Waals surface area contributed by atoms with Crippen molar-refractivity contribution in [2.75, 3.05) is 0 Å². The lowest BCUT2D eigenvalue weighted by atomic mass is 10.0. The molecule has 4 rings (SSSR count). The number of hydrogen-bond acceptors (Lipinski definition) is 2. The van der Waals surface area contributed by atoms with Crippen LogP contribution in [0.4, 0.5) is 0 Å². The van der Waals surface area contributed by atoms with E-state index in [1.165, 1.54) is 0 Å². The maximum absolute atomic E-state index is 11.5. The Labute approximate surface area is 109 Å². The van der Waals surface area contributed by atoms with E-state index in [0.29, 0.717) is 6.54 Å². The molecule has 1 aliphatic heterocycles. The number of hydrogen-bond donors (Lipinski definition) is 2. The van der Waals surface area contributed by atoms with Crippen LogP contribution in [0, 0.1) is 0 Å². The third-order valence-corrected chi connectivity index (χ3v) is 3.55. The minimum Gasteiger partial charge on any atom is -0.348 e. The smallest absolute Gasteiger partial charge is 0.251 e. The minimum atomic E-state index is 0.0159. The zero-order valence-electron chi connectivity index (χ0n) is 10.1. The van der Waals surface area contributed by atoms with Crippen molar-refractivity contribution in [3.8, 4) is 11.1 Å². The van der Waals surface area contributed by atoms with Crippen molar-refractivity contribution in [1.82, 2.24) is 15.3 Å². The molecule has 0 aliphatic carbocycles. The monoisotopic (exact) mass is 249 g/mol. The first-order chi connectivity index (χ1) is 9.33. The van der Waals surface area contributed by atoms with Gasteiger partial charge in [0.25, 0.3) is 5.91 Å². The third-order valence-electron chi connectivity index (χ3n) is 3.55. The lowest BCUT2D eigenvalue weighted by Crippen LogP contribution is -2.12. The van der Waals surface area contributed by atoms with Crippen LogP contribution in [0.25, 0.3) is 22.2 Å². The van der Waals surface area contributed by atoms with Gasteiger partial charge in [-0.1, -0.05) is 6.07 Å². The highest BCUT2D eigenvalue weighted by Crippen LogP contribution is 2.30. The maximum atomic E-state index is 11.5. The highest BCUT2D eigenvalue weighted by Gasteiger charge is 2.19. The van der Waals surface area contributed by atoms with Crippen molar-refractivity contribution in [3.63, 3.8) is 0 Å². The van der Waals surface area contributed by atoms with Gasteiger partial charge in [-0.2, -0.15) is 0 Å². The van der Waals surface area contributed by atoms with Crippen molar-refractivity contribution < 1.29 is 4.79 Å². The lowest BCUT2D eigenvalue weighted by Gasteiger charge is -2.02. The summed E-state index contributed by atoms with van der Waals surface area (Å²) >= 11 is 0. The number of carbonyl (C=O) groups is 1. The molecule has 1 aromatic carbocycles. The molecule has 1 aliphatic rings. The van der Waals surface area contributed by atoms with Crippen LogP contribution < -0.4 is 5.32 Å². The Hall–Kier alpha value is -2.62. The molecule has 4 heteroatoms. The summed E-state index contributed by atoms with van der Waals surface area (Å²) in [6.07, 6.45) is 3.73. The van der Waals surface area contributed by atoms with Crippen LogP contribution in [0.2, 0.25) is 0 Å². The molecule has 92 valence electrons. The summed E-state index contributed by atoms with van der Waals surface area (Å²) in [5.41, 5.74) is 4.94. The quantitative estimate of drug-likeness (QED) is 0.696. The number of aromatic nitrogens is 2. The summed E-state index contributed by atoms with van der Waals surface area (Å²) in [6.45, 7) is 0.614. The number of nitrogens with one attached hydrogen (secondary N) is 2. The SMILES string of the molecule is O=C1NCc2cc(-c3c[nH]c4ncccc34)ccc21. The van der Waals surface area contributed by atoms with Crippen LogP contribution in [0.15, 0.2) is 42.7 Å². The molecule has 0 atom stereocenters. The first-order valence-electron chi connectivity index (χ1n) is 6.16. The molecule has 0 saturated carbocycles. The zero-order valence-corrected chi connectivity index (χ0v) is 10.1. The molecule has 19 heavy (non-hydrogen) atoms. The molecular formula is C15H11N3O. The lowest BCUT2D eigenvalue weighted by molar-refractivity contribution is 0.0966. The van der Waals surface area contributed by atoms with Gasteiger partial charge in [0, 0.05) is 35.5 Å². The number of nitrogens with zero attached hydrogens (tertiary/aromatic N) is 1. The number of H-pyrrole nitrogens is 1. The Balaban J connectivity index is 1.91. The standard InChI is InChI=1S/C15H11N3O/c19-15-11-4-3-9(6-10(11)7-18-15)13-8-17-14-12(13)2-1-5-16-14/h1-6,8H,7H2,(H,16,17)(H,18,19). The molecule has 0 radical (unpaired) electrons. The van der Waals surface area contributed by atoms with Crippen LogP contribution in [-0.4, -0.2) is 15.9 Å².